The molecule has 45 heavy (non-hydrogen) atoms. The zero-order valence-electron chi connectivity index (χ0n) is 23.5. The van der Waals surface area contributed by atoms with E-state index in [2.05, 4.69) is 20.6 Å². The second-order valence-corrected chi connectivity index (χ2v) is 11.0. The maximum atomic E-state index is 13.2. The van der Waals surface area contributed by atoms with E-state index in [-0.39, 0.29) is 22.9 Å². The number of ether oxygens (including phenoxy) is 1. The van der Waals surface area contributed by atoms with E-state index in [1.807, 2.05) is 60.7 Å². The molecule has 2 aliphatic rings. The Labute approximate surface area is 255 Å². The first-order valence-corrected chi connectivity index (χ1v) is 14.3. The van der Waals surface area contributed by atoms with Crippen molar-refractivity contribution in [3.8, 4) is 0 Å². The monoisotopic (exact) mass is 590 g/mol. The SMILES string of the molecule is O=C(OC(=O)c1ccc2c(c1)C(c1ccc3ccccc3n1)C(=O)N2)c1ccc2c(c1)C(c1ccc3ccccc3n1)C(=O)N2. The summed E-state index contributed by atoms with van der Waals surface area (Å²) in [5.41, 5.74) is 5.08. The van der Waals surface area contributed by atoms with Crippen molar-refractivity contribution < 1.29 is 23.9 Å². The van der Waals surface area contributed by atoms with Crippen LogP contribution in [0.1, 0.15) is 55.1 Å². The lowest BCUT2D eigenvalue weighted by Gasteiger charge is -2.11. The Morgan fingerprint density at radius 1 is 0.556 bits per heavy atom. The summed E-state index contributed by atoms with van der Waals surface area (Å²) >= 11 is 0. The summed E-state index contributed by atoms with van der Waals surface area (Å²) in [7, 11) is 0. The van der Waals surface area contributed by atoms with Crippen LogP contribution in [-0.4, -0.2) is 33.7 Å². The van der Waals surface area contributed by atoms with E-state index in [4.69, 9.17) is 4.74 Å². The van der Waals surface area contributed by atoms with Gasteiger partial charge in [-0.05, 0) is 71.8 Å². The molecule has 0 saturated heterocycles. The number of anilines is 2. The number of carbonyl (C=O) groups is 4. The van der Waals surface area contributed by atoms with Crippen LogP contribution in [0.25, 0.3) is 21.8 Å². The minimum Gasteiger partial charge on any atom is -0.386 e. The molecule has 216 valence electrons. The van der Waals surface area contributed by atoms with Gasteiger partial charge in [-0.1, -0.05) is 48.5 Å². The van der Waals surface area contributed by atoms with Crippen LogP contribution in [0.2, 0.25) is 0 Å². The lowest BCUT2D eigenvalue weighted by molar-refractivity contribution is -0.117. The molecule has 0 radical (unpaired) electrons. The molecule has 2 N–H and O–H groups in total. The molecule has 0 bridgehead atoms. The minimum absolute atomic E-state index is 0.112. The summed E-state index contributed by atoms with van der Waals surface area (Å²) in [6.07, 6.45) is 0. The summed E-state index contributed by atoms with van der Waals surface area (Å²) in [5, 5.41) is 7.58. The molecular weight excluding hydrogens is 568 g/mol. The molecule has 9 nitrogen and oxygen atoms in total. The first-order valence-electron chi connectivity index (χ1n) is 14.3. The van der Waals surface area contributed by atoms with E-state index in [0.717, 1.165) is 21.8 Å². The summed E-state index contributed by atoms with van der Waals surface area (Å²) in [6, 6.07) is 31.9. The van der Waals surface area contributed by atoms with Gasteiger partial charge in [0.25, 0.3) is 0 Å². The van der Waals surface area contributed by atoms with Gasteiger partial charge < -0.3 is 15.4 Å². The minimum atomic E-state index is -0.866. The molecule has 2 atom stereocenters. The van der Waals surface area contributed by atoms with Crippen LogP contribution in [0.4, 0.5) is 11.4 Å². The van der Waals surface area contributed by atoms with E-state index in [1.165, 1.54) is 12.1 Å². The van der Waals surface area contributed by atoms with Crippen LogP contribution < -0.4 is 10.6 Å². The third-order valence-electron chi connectivity index (χ3n) is 8.25. The third-order valence-corrected chi connectivity index (χ3v) is 8.25. The fourth-order valence-corrected chi connectivity index (χ4v) is 6.05. The van der Waals surface area contributed by atoms with E-state index >= 15 is 0 Å². The maximum absolute atomic E-state index is 13.2. The number of nitrogens with one attached hydrogen (secondary N) is 2. The lowest BCUT2D eigenvalue weighted by Crippen LogP contribution is -2.15. The van der Waals surface area contributed by atoms with Crippen molar-refractivity contribution in [1.82, 2.24) is 9.97 Å². The first-order chi connectivity index (χ1) is 21.9. The van der Waals surface area contributed by atoms with E-state index in [1.54, 1.807) is 36.4 Å². The predicted molar refractivity (Wildman–Crippen MR) is 167 cm³/mol. The molecule has 4 heterocycles. The first kappa shape index (κ1) is 26.4. The van der Waals surface area contributed by atoms with Crippen molar-refractivity contribution in [2.75, 3.05) is 10.6 Å². The number of benzene rings is 4. The number of nitrogens with zero attached hydrogens (tertiary/aromatic N) is 2. The van der Waals surface area contributed by atoms with Crippen molar-refractivity contribution in [2.24, 2.45) is 0 Å². The number of esters is 2. The predicted octanol–water partition coefficient (Wildman–Crippen LogP) is 5.95. The van der Waals surface area contributed by atoms with E-state index in [0.29, 0.717) is 33.9 Å². The van der Waals surface area contributed by atoms with Crippen LogP contribution >= 0.6 is 0 Å². The number of aromatic nitrogens is 2. The summed E-state index contributed by atoms with van der Waals surface area (Å²) < 4.78 is 5.27. The topological polar surface area (TPSA) is 127 Å². The number of pyridine rings is 2. The van der Waals surface area contributed by atoms with Crippen molar-refractivity contribution in [3.05, 3.63) is 143 Å². The molecular formula is C36H22N4O5. The number of hydrogen-bond donors (Lipinski definition) is 2. The molecule has 4 aromatic carbocycles. The molecule has 2 amide bonds. The number of fused-ring (bicyclic) bond motifs is 4. The van der Waals surface area contributed by atoms with Crippen LogP contribution in [0.3, 0.4) is 0 Å². The smallest absolute Gasteiger partial charge is 0.346 e. The summed E-state index contributed by atoms with van der Waals surface area (Å²) in [6.45, 7) is 0. The molecule has 2 aliphatic heterocycles. The van der Waals surface area contributed by atoms with Gasteiger partial charge in [0.15, 0.2) is 0 Å². The highest BCUT2D eigenvalue weighted by Crippen LogP contribution is 2.39. The summed E-state index contributed by atoms with van der Waals surface area (Å²) in [4.78, 5) is 61.7. The second-order valence-electron chi connectivity index (χ2n) is 11.0. The zero-order chi connectivity index (χ0) is 30.7. The highest BCUT2D eigenvalue weighted by molar-refractivity contribution is 6.09. The van der Waals surface area contributed by atoms with Gasteiger partial charge in [0.05, 0.1) is 33.5 Å². The Kier molecular flexibility index (Phi) is 5.99. The molecule has 8 rings (SSSR count). The molecule has 2 aromatic heterocycles. The molecule has 0 fully saturated rings. The highest BCUT2D eigenvalue weighted by atomic mass is 16.6. The number of para-hydroxylation sites is 2. The number of hydrogen-bond acceptors (Lipinski definition) is 7. The zero-order valence-corrected chi connectivity index (χ0v) is 23.5. The molecule has 2 unspecified atom stereocenters. The molecule has 0 spiro atoms. The van der Waals surface area contributed by atoms with Gasteiger partial charge >= 0.3 is 11.9 Å². The largest absolute Gasteiger partial charge is 0.386 e. The average molecular weight is 591 g/mol. The fraction of sp³-hybridized carbons (Fsp3) is 0.0556. The maximum Gasteiger partial charge on any atom is 0.346 e. The van der Waals surface area contributed by atoms with Gasteiger partial charge in [0, 0.05) is 22.1 Å². The van der Waals surface area contributed by atoms with Gasteiger partial charge in [0.1, 0.15) is 11.8 Å². The summed E-state index contributed by atoms with van der Waals surface area (Å²) in [5.74, 6) is -3.70. The normalized spacial score (nSPS) is 16.6. The number of amides is 2. The van der Waals surface area contributed by atoms with Crippen LogP contribution in [-0.2, 0) is 14.3 Å². The van der Waals surface area contributed by atoms with Gasteiger partial charge in [0.2, 0.25) is 11.8 Å². The van der Waals surface area contributed by atoms with Crippen LogP contribution in [0, 0.1) is 0 Å². The Hall–Kier alpha value is -6.22. The molecule has 6 aromatic rings. The molecule has 9 heteroatoms. The molecule has 0 saturated carbocycles. The van der Waals surface area contributed by atoms with Crippen molar-refractivity contribution in [1.29, 1.82) is 0 Å². The van der Waals surface area contributed by atoms with Gasteiger partial charge in [-0.25, -0.2) is 9.59 Å². The quantitative estimate of drug-likeness (QED) is 0.192. The highest BCUT2D eigenvalue weighted by Gasteiger charge is 2.36. The Bertz CT molecular complexity index is 2100. The van der Waals surface area contributed by atoms with Crippen LogP contribution in [0.15, 0.2) is 109 Å². The Balaban J connectivity index is 1.06. The number of carbonyl (C=O) groups excluding carboxylic acids is 4. The Morgan fingerprint density at radius 3 is 1.47 bits per heavy atom. The van der Waals surface area contributed by atoms with E-state index < -0.39 is 23.8 Å². The van der Waals surface area contributed by atoms with Gasteiger partial charge in [-0.2, -0.15) is 0 Å². The standard InChI is InChI=1S/C36H22N4O5/c41-33-31(29-15-9-19-5-1-3-7-25(19)37-29)23-17-21(11-13-27(23)39-33)35(43)45-36(44)22-12-14-28-24(18-22)32(34(42)40-28)30-16-10-20-6-2-4-8-26(20)38-30/h1-18,31-32H,(H,39,41)(H,40,42). The second kappa shape index (κ2) is 10.2. The third kappa shape index (κ3) is 4.49. The fourth-order valence-electron chi connectivity index (χ4n) is 6.05. The van der Waals surface area contributed by atoms with Gasteiger partial charge in [-0.15, -0.1) is 0 Å². The van der Waals surface area contributed by atoms with Crippen molar-refractivity contribution in [2.45, 2.75) is 11.8 Å². The van der Waals surface area contributed by atoms with Gasteiger partial charge in [-0.3, -0.25) is 19.6 Å². The average Bonchev–Trinajstić information content (AvgIpc) is 3.58. The van der Waals surface area contributed by atoms with Crippen molar-refractivity contribution in [3.63, 3.8) is 0 Å². The number of rotatable bonds is 4. The molecule has 0 aliphatic carbocycles. The Morgan fingerprint density at radius 2 is 1.00 bits per heavy atom. The lowest BCUT2D eigenvalue weighted by atomic mass is 9.94. The van der Waals surface area contributed by atoms with E-state index in [9.17, 15) is 19.2 Å². The van der Waals surface area contributed by atoms with Crippen molar-refractivity contribution >= 4 is 56.9 Å². The van der Waals surface area contributed by atoms with Crippen LogP contribution in [0.5, 0.6) is 0 Å².